The van der Waals surface area contributed by atoms with Crippen LogP contribution >= 0.6 is 0 Å². The predicted molar refractivity (Wildman–Crippen MR) is 238 cm³/mol. The van der Waals surface area contributed by atoms with E-state index >= 15 is 0 Å². The van der Waals surface area contributed by atoms with Crippen LogP contribution in [0.1, 0.15) is 75.3 Å². The molecule has 8 aliphatic carbocycles. The molecular weight excluding hydrogens is 719 g/mol. The molecule has 292 valence electrons. The third kappa shape index (κ3) is 4.74. The number of nitrogens with zero attached hydrogens (tertiary/aromatic N) is 1. The van der Waals surface area contributed by atoms with Crippen LogP contribution in [0.2, 0.25) is 0 Å². The molecule has 0 amide bonds. The van der Waals surface area contributed by atoms with Crippen LogP contribution in [-0.2, 0) is 15.9 Å². The van der Waals surface area contributed by atoms with E-state index in [1.54, 1.807) is 11.1 Å². The summed E-state index contributed by atoms with van der Waals surface area (Å²) in [6.07, 6.45) is 14.0. The Labute approximate surface area is 347 Å². The fraction of sp³-hybridized carbons (Fsp3) is 0.357. The maximum atomic E-state index is 8.17. The van der Waals surface area contributed by atoms with Crippen LogP contribution in [0.3, 0.4) is 0 Å². The third-order valence-corrected chi connectivity index (χ3v) is 17.2. The molecule has 3 nitrogen and oxygen atoms in total. The van der Waals surface area contributed by atoms with Crippen LogP contribution in [0.25, 0.3) is 44.2 Å². The molecule has 8 saturated carbocycles. The summed E-state index contributed by atoms with van der Waals surface area (Å²) >= 11 is 0. The van der Waals surface area contributed by atoms with Gasteiger partial charge < -0.3 is 14.1 Å². The van der Waals surface area contributed by atoms with Gasteiger partial charge in [-0.2, -0.15) is 0 Å². The van der Waals surface area contributed by atoms with Gasteiger partial charge in [-0.3, -0.25) is 0 Å². The minimum absolute atomic E-state index is 0.0575. The van der Waals surface area contributed by atoms with E-state index in [2.05, 4.69) is 138 Å². The highest BCUT2D eigenvalue weighted by atomic mass is 16.5. The minimum atomic E-state index is -0.0912. The number of anilines is 3. The monoisotopic (exact) mass is 769 g/mol. The lowest BCUT2D eigenvalue weighted by Gasteiger charge is -2.64. The Kier molecular flexibility index (Phi) is 6.98. The average molecular weight is 770 g/mol. The molecule has 6 aromatic carbocycles. The van der Waals surface area contributed by atoms with Crippen molar-refractivity contribution < 1.29 is 9.15 Å². The van der Waals surface area contributed by atoms with Crippen molar-refractivity contribution in [2.75, 3.05) is 4.90 Å². The summed E-state index contributed by atoms with van der Waals surface area (Å²) in [4.78, 5) is 2.38. The molecule has 3 heteroatoms. The topological polar surface area (TPSA) is 25.6 Å². The largest absolute Gasteiger partial charge is 0.456 e. The first-order chi connectivity index (χ1) is 29.1. The van der Waals surface area contributed by atoms with Gasteiger partial charge in [0.2, 0.25) is 0 Å². The molecule has 59 heavy (non-hydrogen) atoms. The van der Waals surface area contributed by atoms with Crippen LogP contribution < -0.4 is 4.90 Å². The highest BCUT2D eigenvalue weighted by molar-refractivity contribution is 6.06. The number of hydrogen-bond acceptors (Lipinski definition) is 3. The van der Waals surface area contributed by atoms with Crippen molar-refractivity contribution in [1.82, 2.24) is 0 Å². The van der Waals surface area contributed by atoms with Crippen molar-refractivity contribution in [3.05, 3.63) is 151 Å². The van der Waals surface area contributed by atoms with Crippen LogP contribution in [0.5, 0.6) is 0 Å². The summed E-state index contributed by atoms with van der Waals surface area (Å²) in [6, 6.07) is 51.8. The number of furan rings is 1. The van der Waals surface area contributed by atoms with Gasteiger partial charge in [-0.05, 0) is 193 Å². The van der Waals surface area contributed by atoms with E-state index < -0.39 is 0 Å². The lowest BCUT2D eigenvalue weighted by molar-refractivity contribution is -0.304. The first-order valence-corrected chi connectivity index (χ1v) is 22.9. The summed E-state index contributed by atoms with van der Waals surface area (Å²) in [5, 5.41) is 2.30. The van der Waals surface area contributed by atoms with Gasteiger partial charge in [0, 0.05) is 33.9 Å². The summed E-state index contributed by atoms with van der Waals surface area (Å²) in [5.41, 5.74) is 13.3. The Morgan fingerprint density at radius 2 is 0.847 bits per heavy atom. The van der Waals surface area contributed by atoms with Crippen molar-refractivity contribution in [3.8, 4) is 22.3 Å². The number of fused-ring (bicyclic) bond motifs is 4. The van der Waals surface area contributed by atoms with Crippen LogP contribution in [-0.4, -0.2) is 0 Å². The molecule has 16 rings (SSSR count). The second kappa shape index (κ2) is 12.2. The molecule has 9 aliphatic rings. The zero-order chi connectivity index (χ0) is 38.5. The van der Waals surface area contributed by atoms with Crippen molar-refractivity contribution in [1.29, 1.82) is 0 Å². The van der Waals surface area contributed by atoms with Crippen LogP contribution in [0, 0.1) is 47.3 Å². The summed E-state index contributed by atoms with van der Waals surface area (Å²) in [5.74, 6) is 6.47. The molecule has 8 bridgehead atoms. The van der Waals surface area contributed by atoms with Crippen LogP contribution in [0.4, 0.5) is 17.1 Å². The number of para-hydroxylation sites is 1. The van der Waals surface area contributed by atoms with Gasteiger partial charge in [0.05, 0.1) is 0 Å². The van der Waals surface area contributed by atoms with E-state index in [4.69, 9.17) is 9.15 Å². The van der Waals surface area contributed by atoms with Crippen molar-refractivity contribution in [2.24, 2.45) is 47.3 Å². The zero-order valence-corrected chi connectivity index (χ0v) is 33.7. The van der Waals surface area contributed by atoms with E-state index in [9.17, 15) is 0 Å². The zero-order valence-electron chi connectivity index (χ0n) is 33.7. The standard InChI is InChI=1S/C56H51NO2/c1-2-6-38(7-3-1)39-10-15-46(16-11-39)57(48-19-20-50-49-8-4-5-9-53(49)58-54(50)33-48)47-17-12-40(13-18-47)41-14-21-51-52(32-41)56(44-28-36-23-37(30-44)31-45(56)29-36)59-55(51)42-24-34-22-35(26-42)27-43(55)25-34/h1-21,32-37,42-45H,22-31H2. The molecule has 0 radical (unpaired) electrons. The first-order valence-electron chi connectivity index (χ1n) is 22.9. The maximum Gasteiger partial charge on any atom is 0.137 e. The molecule has 8 fully saturated rings. The smallest absolute Gasteiger partial charge is 0.137 e. The average Bonchev–Trinajstić information content (AvgIpc) is 3.79. The third-order valence-electron chi connectivity index (χ3n) is 17.2. The van der Waals surface area contributed by atoms with E-state index in [1.165, 1.54) is 86.5 Å². The lowest BCUT2D eigenvalue weighted by atomic mass is 9.48. The number of hydrogen-bond donors (Lipinski definition) is 0. The van der Waals surface area contributed by atoms with Gasteiger partial charge in [0.15, 0.2) is 0 Å². The Balaban J connectivity index is 0.871. The van der Waals surface area contributed by atoms with Crippen molar-refractivity contribution in [2.45, 2.75) is 75.4 Å². The highest BCUT2D eigenvalue weighted by Gasteiger charge is 2.71. The molecule has 2 spiro atoms. The molecule has 0 saturated heterocycles. The molecule has 1 aromatic heterocycles. The Morgan fingerprint density at radius 1 is 0.373 bits per heavy atom. The fourth-order valence-electron chi connectivity index (χ4n) is 15.3. The molecule has 1 aliphatic heterocycles. The van der Waals surface area contributed by atoms with Gasteiger partial charge in [-0.15, -0.1) is 0 Å². The summed E-state index contributed by atoms with van der Waals surface area (Å²) < 4.78 is 14.6. The van der Waals surface area contributed by atoms with Crippen molar-refractivity contribution >= 4 is 39.0 Å². The van der Waals surface area contributed by atoms with Gasteiger partial charge in [-0.1, -0.05) is 84.9 Å². The van der Waals surface area contributed by atoms with Gasteiger partial charge in [0.25, 0.3) is 0 Å². The molecule has 0 atom stereocenters. The predicted octanol–water partition coefficient (Wildman–Crippen LogP) is 14.7. The second-order valence-corrected chi connectivity index (χ2v) is 20.1. The Morgan fingerprint density at radius 3 is 1.46 bits per heavy atom. The summed E-state index contributed by atoms with van der Waals surface area (Å²) in [7, 11) is 0. The number of ether oxygens (including phenoxy) is 1. The fourth-order valence-corrected chi connectivity index (χ4v) is 15.3. The molecular formula is C56H51NO2. The molecule has 7 aromatic rings. The number of rotatable bonds is 5. The normalized spacial score (nSPS) is 33.2. The van der Waals surface area contributed by atoms with E-state index in [0.29, 0.717) is 23.7 Å². The van der Waals surface area contributed by atoms with Gasteiger partial charge >= 0.3 is 0 Å². The Hall–Kier alpha value is -5.12. The summed E-state index contributed by atoms with van der Waals surface area (Å²) in [6.45, 7) is 0. The lowest BCUT2D eigenvalue weighted by Crippen LogP contribution is -2.60. The molecule has 0 N–H and O–H groups in total. The SMILES string of the molecule is c1ccc(-c2ccc(N(c3ccc(-c4ccc5c(c4)C4(OC56C5CC7CC(C5)CC6C7)C5CC6CC(C5)CC4C6)cc3)c3ccc4c(c3)oc3ccccc34)cc2)cc1. The van der Waals surface area contributed by atoms with E-state index in [1.807, 2.05) is 6.07 Å². The Bertz CT molecular complexity index is 2720. The quantitative estimate of drug-likeness (QED) is 0.174. The molecule has 0 unspecified atom stereocenters. The van der Waals surface area contributed by atoms with E-state index in [-0.39, 0.29) is 11.2 Å². The minimum Gasteiger partial charge on any atom is -0.456 e. The van der Waals surface area contributed by atoms with Gasteiger partial charge in [-0.25, -0.2) is 0 Å². The van der Waals surface area contributed by atoms with Crippen molar-refractivity contribution in [3.63, 3.8) is 0 Å². The maximum absolute atomic E-state index is 8.17. The second-order valence-electron chi connectivity index (χ2n) is 20.1. The highest BCUT2D eigenvalue weighted by Crippen LogP contribution is 2.74. The van der Waals surface area contributed by atoms with Gasteiger partial charge in [0.1, 0.15) is 22.4 Å². The van der Waals surface area contributed by atoms with E-state index in [0.717, 1.165) is 62.7 Å². The number of benzene rings is 6. The van der Waals surface area contributed by atoms with Crippen LogP contribution in [0.15, 0.2) is 144 Å². The first kappa shape index (κ1) is 33.7. The molecule has 2 heterocycles.